The first-order chi connectivity index (χ1) is 8.95. The van der Waals surface area contributed by atoms with Gasteiger partial charge in [-0.1, -0.05) is 0 Å². The Balaban J connectivity index is 4.70. The van der Waals surface area contributed by atoms with Crippen molar-refractivity contribution in [3.8, 4) is 0 Å². The van der Waals surface area contributed by atoms with Gasteiger partial charge in [0.05, 0.1) is 0 Å². The lowest BCUT2D eigenvalue weighted by Crippen LogP contribution is -2.52. The lowest BCUT2D eigenvalue weighted by Gasteiger charge is -2.36. The van der Waals surface area contributed by atoms with Gasteiger partial charge in [-0.15, -0.1) is 0 Å². The van der Waals surface area contributed by atoms with Crippen molar-refractivity contribution in [2.75, 3.05) is 26.3 Å². The zero-order chi connectivity index (χ0) is 14.8. The highest BCUT2D eigenvalue weighted by Gasteiger charge is 2.42. The largest absolute Gasteiger partial charge is 0.415 e. The van der Waals surface area contributed by atoms with E-state index in [9.17, 15) is 0 Å². The molecule has 0 aromatic rings. The van der Waals surface area contributed by atoms with E-state index in [0.717, 1.165) is 24.9 Å². The molecule has 0 aromatic heterocycles. The van der Waals surface area contributed by atoms with E-state index in [4.69, 9.17) is 24.4 Å². The van der Waals surface area contributed by atoms with Gasteiger partial charge in [0.2, 0.25) is 0 Å². The first-order valence-electron chi connectivity index (χ1n) is 7.33. The molecule has 0 radical (unpaired) electrons. The third-order valence-corrected chi connectivity index (χ3v) is 10.8. The summed E-state index contributed by atoms with van der Waals surface area (Å²) in [4.78, 5) is 0. The number of rotatable bonds is 12. The molecule has 0 aliphatic carbocycles. The number of nitrogens with two attached hydrogens (primary N) is 2. The minimum atomic E-state index is -2.18. The second-order valence-corrected chi connectivity index (χ2v) is 11.9. The third kappa shape index (κ3) is 8.18. The molecule has 0 heterocycles. The molecule has 0 aliphatic heterocycles. The average molecular weight is 309 g/mol. The van der Waals surface area contributed by atoms with E-state index in [1.54, 1.807) is 0 Å². The molecule has 2 unspecified atom stereocenters. The average Bonchev–Trinajstić information content (AvgIpc) is 2.34. The van der Waals surface area contributed by atoms with Crippen molar-refractivity contribution in [2.24, 2.45) is 11.5 Å². The summed E-state index contributed by atoms with van der Waals surface area (Å²) in [5.41, 5.74) is 11.2. The first kappa shape index (κ1) is 19.2. The van der Waals surface area contributed by atoms with Gasteiger partial charge in [0, 0.05) is 13.2 Å². The van der Waals surface area contributed by atoms with Crippen LogP contribution in [0.1, 0.15) is 26.7 Å². The van der Waals surface area contributed by atoms with Crippen LogP contribution >= 0.6 is 0 Å². The molecule has 7 heteroatoms. The van der Waals surface area contributed by atoms with E-state index >= 15 is 0 Å². The predicted octanol–water partition coefficient (Wildman–Crippen LogP) is 1.92. The molecule has 4 N–H and O–H groups in total. The lowest BCUT2D eigenvalue weighted by atomic mass is 10.5. The summed E-state index contributed by atoms with van der Waals surface area (Å²) in [6.45, 7) is 11.0. The van der Waals surface area contributed by atoms with Crippen LogP contribution < -0.4 is 11.5 Å². The molecule has 5 nitrogen and oxygen atoms in total. The molecule has 0 saturated carbocycles. The summed E-state index contributed by atoms with van der Waals surface area (Å²) in [5.74, 6) is 0. The summed E-state index contributed by atoms with van der Waals surface area (Å²) < 4.78 is 18.3. The van der Waals surface area contributed by atoms with Gasteiger partial charge in [-0.25, -0.2) is 0 Å². The fourth-order valence-electron chi connectivity index (χ4n) is 2.22. The SMILES string of the molecule is CCO[Si](C)(CCCN)O[Si](C)(CCCN)OCC. The third-order valence-electron chi connectivity index (χ3n) is 3.00. The molecule has 116 valence electrons. The molecule has 0 spiro atoms. The maximum atomic E-state index is 6.43. The van der Waals surface area contributed by atoms with Crippen LogP contribution in [0.4, 0.5) is 0 Å². The van der Waals surface area contributed by atoms with Crippen LogP contribution in [0, 0.1) is 0 Å². The molecule has 0 saturated heterocycles. The van der Waals surface area contributed by atoms with E-state index in [1.807, 2.05) is 13.8 Å². The Kier molecular flexibility index (Phi) is 10.2. The minimum Gasteiger partial charge on any atom is -0.415 e. The number of hydrogen-bond acceptors (Lipinski definition) is 5. The van der Waals surface area contributed by atoms with Crippen molar-refractivity contribution in [1.29, 1.82) is 0 Å². The highest BCUT2D eigenvalue weighted by molar-refractivity contribution is 6.80. The Morgan fingerprint density at radius 1 is 0.789 bits per heavy atom. The van der Waals surface area contributed by atoms with Crippen LogP contribution in [0.2, 0.25) is 25.2 Å². The Hall–Kier alpha value is 0.234. The van der Waals surface area contributed by atoms with E-state index in [1.165, 1.54) is 0 Å². The van der Waals surface area contributed by atoms with Gasteiger partial charge in [0.1, 0.15) is 0 Å². The molecule has 19 heavy (non-hydrogen) atoms. The van der Waals surface area contributed by atoms with Crippen LogP contribution in [0.25, 0.3) is 0 Å². The minimum absolute atomic E-state index is 0.675. The molecule has 0 bridgehead atoms. The normalized spacial score (nSPS) is 18.0. The zero-order valence-electron chi connectivity index (χ0n) is 13.0. The monoisotopic (exact) mass is 308 g/mol. The second-order valence-electron chi connectivity index (χ2n) is 5.02. The Labute approximate surface area is 120 Å². The molecule has 0 aromatic carbocycles. The summed E-state index contributed by atoms with van der Waals surface area (Å²) in [6, 6.07) is 1.85. The Morgan fingerprint density at radius 3 is 1.42 bits per heavy atom. The summed E-state index contributed by atoms with van der Waals surface area (Å²) in [5, 5.41) is 0. The van der Waals surface area contributed by atoms with Gasteiger partial charge < -0.3 is 24.4 Å². The second kappa shape index (κ2) is 10.0. The maximum absolute atomic E-state index is 6.43. The summed E-state index contributed by atoms with van der Waals surface area (Å²) in [6.07, 6.45) is 1.88. The van der Waals surface area contributed by atoms with Crippen LogP contribution in [0.15, 0.2) is 0 Å². The van der Waals surface area contributed by atoms with Crippen LogP contribution in [-0.2, 0) is 13.0 Å². The molecule has 2 atom stereocenters. The summed E-state index contributed by atoms with van der Waals surface area (Å²) in [7, 11) is -4.35. The van der Waals surface area contributed by atoms with Crippen molar-refractivity contribution >= 4 is 17.1 Å². The van der Waals surface area contributed by atoms with Gasteiger partial charge in [0.15, 0.2) is 0 Å². The molecule has 0 aliphatic rings. The Morgan fingerprint density at radius 2 is 1.16 bits per heavy atom. The molecular formula is C12H32N2O3Si2. The molecule has 0 rings (SSSR count). The molecule has 0 fully saturated rings. The van der Waals surface area contributed by atoms with Gasteiger partial charge in [0.25, 0.3) is 0 Å². The van der Waals surface area contributed by atoms with E-state index in [0.29, 0.717) is 26.3 Å². The topological polar surface area (TPSA) is 79.7 Å². The van der Waals surface area contributed by atoms with Crippen molar-refractivity contribution in [1.82, 2.24) is 0 Å². The fraction of sp³-hybridized carbons (Fsp3) is 1.00. The van der Waals surface area contributed by atoms with Gasteiger partial charge >= 0.3 is 17.1 Å². The summed E-state index contributed by atoms with van der Waals surface area (Å²) >= 11 is 0. The van der Waals surface area contributed by atoms with Gasteiger partial charge in [-0.3, -0.25) is 0 Å². The van der Waals surface area contributed by atoms with Gasteiger partial charge in [-0.2, -0.15) is 0 Å². The Bertz CT molecular complexity index is 215. The zero-order valence-corrected chi connectivity index (χ0v) is 15.0. The van der Waals surface area contributed by atoms with E-state index in [2.05, 4.69) is 13.1 Å². The lowest BCUT2D eigenvalue weighted by molar-refractivity contribution is 0.198. The van der Waals surface area contributed by atoms with Crippen molar-refractivity contribution in [3.63, 3.8) is 0 Å². The highest BCUT2D eigenvalue weighted by Crippen LogP contribution is 2.25. The van der Waals surface area contributed by atoms with Crippen LogP contribution in [-0.4, -0.2) is 43.4 Å². The smallest absolute Gasteiger partial charge is 0.326 e. The predicted molar refractivity (Wildman–Crippen MR) is 84.5 cm³/mol. The van der Waals surface area contributed by atoms with Gasteiger partial charge in [-0.05, 0) is 65.0 Å². The fourth-order valence-corrected chi connectivity index (χ4v) is 10.4. The van der Waals surface area contributed by atoms with E-state index < -0.39 is 17.1 Å². The quantitative estimate of drug-likeness (QED) is 0.538. The van der Waals surface area contributed by atoms with Crippen molar-refractivity contribution in [2.45, 2.75) is 51.9 Å². The van der Waals surface area contributed by atoms with E-state index in [-0.39, 0.29) is 0 Å². The maximum Gasteiger partial charge on any atom is 0.326 e. The standard InChI is InChI=1S/C12H32N2O3Si2/c1-5-15-18(3,11-7-9-13)17-19(4,16-6-2)12-8-10-14/h5-14H2,1-4H3. The molecular weight excluding hydrogens is 276 g/mol. The van der Waals surface area contributed by atoms with Crippen LogP contribution in [0.3, 0.4) is 0 Å². The highest BCUT2D eigenvalue weighted by atomic mass is 28.5. The molecule has 0 amide bonds. The van der Waals surface area contributed by atoms with Crippen LogP contribution in [0.5, 0.6) is 0 Å². The number of hydrogen-bond donors (Lipinski definition) is 2. The first-order valence-corrected chi connectivity index (χ1v) is 12.4. The van der Waals surface area contributed by atoms with Crippen molar-refractivity contribution in [3.05, 3.63) is 0 Å². The van der Waals surface area contributed by atoms with Crippen molar-refractivity contribution < 1.29 is 13.0 Å².